The van der Waals surface area contributed by atoms with E-state index < -0.39 is 11.9 Å². The Morgan fingerprint density at radius 2 is 1.88 bits per heavy atom. The smallest absolute Gasteiger partial charge is 0.328 e. The number of carbonyl (C=O) groups is 2. The van der Waals surface area contributed by atoms with Crippen LogP contribution in [0.3, 0.4) is 0 Å². The summed E-state index contributed by atoms with van der Waals surface area (Å²) in [5.41, 5.74) is 1.47. The van der Waals surface area contributed by atoms with Crippen LogP contribution in [-0.2, 0) is 19.7 Å². The van der Waals surface area contributed by atoms with E-state index in [1.807, 2.05) is 19.2 Å². The highest BCUT2D eigenvalue weighted by Gasteiger charge is 2.51. The third kappa shape index (κ3) is 4.76. The minimum atomic E-state index is -1.26. The highest BCUT2D eigenvalue weighted by Crippen LogP contribution is 2.49. The molecule has 1 heterocycles. The van der Waals surface area contributed by atoms with Gasteiger partial charge in [0.15, 0.2) is 0 Å². The lowest BCUT2D eigenvalue weighted by Gasteiger charge is -2.29. The van der Waals surface area contributed by atoms with E-state index in [-0.39, 0.29) is 5.41 Å². The highest BCUT2D eigenvalue weighted by atomic mass is 35.5. The minimum absolute atomic E-state index is 0.176. The second-order valence-corrected chi connectivity index (χ2v) is 7.23. The Morgan fingerprint density at radius 3 is 2.42 bits per heavy atom. The third-order valence-electron chi connectivity index (χ3n) is 4.95. The number of carboxylic acid groups (broad SMARTS) is 2. The van der Waals surface area contributed by atoms with Gasteiger partial charge in [0.1, 0.15) is 0 Å². The first-order valence-corrected chi connectivity index (χ1v) is 8.87. The number of carboxylic acids is 2. The van der Waals surface area contributed by atoms with Crippen LogP contribution < -0.4 is 5.32 Å². The van der Waals surface area contributed by atoms with Crippen LogP contribution in [0.5, 0.6) is 0 Å². The Labute approximate surface area is 161 Å². The predicted molar refractivity (Wildman–Crippen MR) is 98.9 cm³/mol. The molecule has 3 N–H and O–H groups in total. The minimum Gasteiger partial charge on any atom is -0.478 e. The molecule has 2 fully saturated rings. The first-order chi connectivity index (χ1) is 12.3. The number of ether oxygens (including phenoxy) is 1. The van der Waals surface area contributed by atoms with Crippen molar-refractivity contribution < 1.29 is 24.5 Å². The molecule has 8 heteroatoms. The molecule has 1 aromatic carbocycles. The second-order valence-electron chi connectivity index (χ2n) is 6.42. The van der Waals surface area contributed by atoms with Crippen LogP contribution in [0.4, 0.5) is 0 Å². The van der Waals surface area contributed by atoms with Gasteiger partial charge in [-0.1, -0.05) is 29.3 Å². The summed E-state index contributed by atoms with van der Waals surface area (Å²) < 4.78 is 5.56. The summed E-state index contributed by atoms with van der Waals surface area (Å²) in [6.45, 7) is 2.08. The average Bonchev–Trinajstić information content (AvgIpc) is 3.13. The van der Waals surface area contributed by atoms with Gasteiger partial charge in [-0.3, -0.25) is 0 Å². The van der Waals surface area contributed by atoms with Crippen LogP contribution in [0, 0.1) is 5.92 Å². The van der Waals surface area contributed by atoms with E-state index in [2.05, 4.69) is 11.4 Å². The second kappa shape index (κ2) is 8.86. The zero-order valence-corrected chi connectivity index (χ0v) is 15.8. The van der Waals surface area contributed by atoms with E-state index in [1.54, 1.807) is 0 Å². The molecule has 142 valence electrons. The summed E-state index contributed by atoms with van der Waals surface area (Å²) in [4.78, 5) is 19.1. The summed E-state index contributed by atoms with van der Waals surface area (Å²) in [5.74, 6) is -1.88. The fourth-order valence-electron chi connectivity index (χ4n) is 3.75. The number of rotatable bonds is 4. The van der Waals surface area contributed by atoms with Gasteiger partial charge in [0.05, 0.1) is 16.1 Å². The molecule has 1 aliphatic heterocycles. The molecule has 1 aromatic rings. The maximum absolute atomic E-state index is 9.55. The summed E-state index contributed by atoms with van der Waals surface area (Å²) in [5, 5.41) is 20.4. The monoisotopic (exact) mass is 401 g/mol. The van der Waals surface area contributed by atoms with Crippen LogP contribution in [0.1, 0.15) is 18.4 Å². The summed E-state index contributed by atoms with van der Waals surface area (Å²) >= 11 is 12.2. The van der Waals surface area contributed by atoms with Crippen LogP contribution in [0.15, 0.2) is 30.4 Å². The van der Waals surface area contributed by atoms with Gasteiger partial charge in [0.2, 0.25) is 0 Å². The van der Waals surface area contributed by atoms with Gasteiger partial charge in [-0.05, 0) is 43.0 Å². The van der Waals surface area contributed by atoms with Crippen molar-refractivity contribution in [2.24, 2.45) is 5.92 Å². The van der Waals surface area contributed by atoms with Crippen LogP contribution >= 0.6 is 23.2 Å². The van der Waals surface area contributed by atoms with Gasteiger partial charge >= 0.3 is 11.9 Å². The normalized spacial score (nSPS) is 27.0. The molecule has 1 saturated carbocycles. The summed E-state index contributed by atoms with van der Waals surface area (Å²) in [6.07, 6.45) is 3.68. The van der Waals surface area contributed by atoms with Gasteiger partial charge in [0, 0.05) is 31.2 Å². The number of halogens is 2. The number of aliphatic carboxylic acids is 2. The molecule has 0 aromatic heterocycles. The Kier molecular flexibility index (Phi) is 7.06. The van der Waals surface area contributed by atoms with Gasteiger partial charge in [0.25, 0.3) is 0 Å². The Bertz CT molecular complexity index is 693. The fourth-order valence-corrected chi connectivity index (χ4v) is 4.05. The van der Waals surface area contributed by atoms with Crippen molar-refractivity contribution in [3.63, 3.8) is 0 Å². The van der Waals surface area contributed by atoms with Crippen molar-refractivity contribution in [1.29, 1.82) is 0 Å². The van der Waals surface area contributed by atoms with Crippen LogP contribution in [0.25, 0.3) is 0 Å². The molecule has 1 aliphatic carbocycles. The van der Waals surface area contributed by atoms with Crippen molar-refractivity contribution in [3.8, 4) is 0 Å². The van der Waals surface area contributed by atoms with E-state index in [4.69, 9.17) is 38.2 Å². The molecule has 3 rings (SSSR count). The molecule has 3 atom stereocenters. The zero-order chi connectivity index (χ0) is 19.3. The summed E-state index contributed by atoms with van der Waals surface area (Å²) in [7, 11) is 1.81. The predicted octanol–water partition coefficient (Wildman–Crippen LogP) is 2.97. The van der Waals surface area contributed by atoms with Crippen LogP contribution in [-0.4, -0.2) is 48.5 Å². The van der Waals surface area contributed by atoms with E-state index >= 15 is 0 Å². The molecule has 0 unspecified atom stereocenters. The maximum Gasteiger partial charge on any atom is 0.328 e. The van der Waals surface area contributed by atoms with E-state index in [0.717, 1.165) is 25.9 Å². The molecule has 0 radical (unpaired) electrons. The maximum atomic E-state index is 9.55. The van der Waals surface area contributed by atoms with Crippen molar-refractivity contribution in [2.45, 2.75) is 24.4 Å². The molecule has 6 nitrogen and oxygen atoms in total. The zero-order valence-electron chi connectivity index (χ0n) is 14.2. The third-order valence-corrected chi connectivity index (χ3v) is 5.69. The van der Waals surface area contributed by atoms with Crippen molar-refractivity contribution in [2.75, 3.05) is 20.2 Å². The van der Waals surface area contributed by atoms with Gasteiger partial charge in [-0.25, -0.2) is 9.59 Å². The van der Waals surface area contributed by atoms with Crippen molar-refractivity contribution in [1.82, 2.24) is 5.32 Å². The SMILES string of the molecule is CO[C@H]1C[C@H]2CNC[C@@]2(c2ccc(Cl)c(Cl)c2)C1.O=C(O)/C=C/C(=O)O. The topological polar surface area (TPSA) is 95.9 Å². The number of benzene rings is 1. The quantitative estimate of drug-likeness (QED) is 0.671. The largest absolute Gasteiger partial charge is 0.478 e. The van der Waals surface area contributed by atoms with Crippen molar-refractivity contribution in [3.05, 3.63) is 46.0 Å². The first kappa shape index (κ1) is 20.7. The number of fused-ring (bicyclic) bond motifs is 1. The first-order valence-electron chi connectivity index (χ1n) is 8.11. The molecule has 0 spiro atoms. The van der Waals surface area contributed by atoms with Crippen LogP contribution in [0.2, 0.25) is 10.0 Å². The molecule has 0 amide bonds. The average molecular weight is 402 g/mol. The van der Waals surface area contributed by atoms with Crippen molar-refractivity contribution >= 4 is 35.1 Å². The molecular formula is C18H21Cl2NO5. The number of nitrogens with one attached hydrogen (secondary N) is 1. The fraction of sp³-hybridized carbons (Fsp3) is 0.444. The molecule has 2 aliphatic rings. The van der Waals surface area contributed by atoms with E-state index in [1.165, 1.54) is 5.56 Å². The molecular weight excluding hydrogens is 381 g/mol. The standard InChI is InChI=1S/C14H17Cl2NO.C4H4O4/c1-18-11-4-10-7-17-8-14(10,6-11)9-2-3-12(15)13(16)5-9;5-3(6)1-2-4(7)8/h2-3,5,10-11,17H,4,6-8H2,1H3;1-2H,(H,5,6)(H,7,8)/b;2-1+/t10-,11-,14+;/m0./s1. The number of methoxy groups -OCH3 is 1. The summed E-state index contributed by atoms with van der Waals surface area (Å²) in [6, 6.07) is 6.05. The highest BCUT2D eigenvalue weighted by molar-refractivity contribution is 6.42. The number of hydrogen-bond acceptors (Lipinski definition) is 4. The van der Waals surface area contributed by atoms with Gasteiger partial charge < -0.3 is 20.3 Å². The Balaban J connectivity index is 0.000000260. The van der Waals surface area contributed by atoms with E-state index in [0.29, 0.717) is 34.2 Å². The molecule has 1 saturated heterocycles. The molecule has 26 heavy (non-hydrogen) atoms. The lowest BCUT2D eigenvalue weighted by Crippen LogP contribution is -2.31. The Morgan fingerprint density at radius 1 is 1.23 bits per heavy atom. The lowest BCUT2D eigenvalue weighted by atomic mass is 9.74. The van der Waals surface area contributed by atoms with Gasteiger partial charge in [-0.2, -0.15) is 0 Å². The van der Waals surface area contributed by atoms with Gasteiger partial charge in [-0.15, -0.1) is 0 Å². The lowest BCUT2D eigenvalue weighted by molar-refractivity contribution is -0.134. The number of hydrogen-bond donors (Lipinski definition) is 3. The Hall–Kier alpha value is -1.60. The molecule has 0 bridgehead atoms. The van der Waals surface area contributed by atoms with E-state index in [9.17, 15) is 9.59 Å².